The van der Waals surface area contributed by atoms with Crippen molar-refractivity contribution >= 4 is 5.91 Å². The molecule has 8 heteroatoms. The first-order chi connectivity index (χ1) is 14.4. The quantitative estimate of drug-likeness (QED) is 0.713. The maximum atomic E-state index is 13.0. The van der Waals surface area contributed by atoms with E-state index >= 15 is 0 Å². The third-order valence-corrected chi connectivity index (χ3v) is 5.47. The average molecular weight is 405 g/mol. The van der Waals surface area contributed by atoms with E-state index in [2.05, 4.69) is 15.1 Å². The van der Waals surface area contributed by atoms with E-state index in [0.717, 1.165) is 16.7 Å². The number of aromatic nitrogens is 4. The largest absolute Gasteiger partial charge is 0.327 e. The van der Waals surface area contributed by atoms with E-state index in [1.165, 1.54) is 19.2 Å². The zero-order valence-electron chi connectivity index (χ0n) is 17.0. The lowest BCUT2D eigenvalue weighted by molar-refractivity contribution is 0.0721. The number of amides is 1. The Bertz CT molecular complexity index is 1200. The van der Waals surface area contributed by atoms with Gasteiger partial charge in [0.1, 0.15) is 11.5 Å². The number of hydrogen-bond acceptors (Lipinski definition) is 5. The molecule has 1 aromatic carbocycles. The van der Waals surface area contributed by atoms with Crippen molar-refractivity contribution in [1.82, 2.24) is 24.6 Å². The molecule has 0 aliphatic carbocycles. The molecule has 154 valence electrons. The highest BCUT2D eigenvalue weighted by Gasteiger charge is 2.33. The van der Waals surface area contributed by atoms with Gasteiger partial charge in [-0.25, -0.2) is 9.67 Å². The van der Waals surface area contributed by atoms with Crippen LogP contribution in [0.25, 0.3) is 0 Å². The molecule has 0 radical (unpaired) electrons. The third kappa shape index (κ3) is 3.80. The number of benzene rings is 1. The summed E-state index contributed by atoms with van der Waals surface area (Å²) in [6.07, 6.45) is 2.01. The Hall–Kier alpha value is -3.55. The van der Waals surface area contributed by atoms with Gasteiger partial charge in [-0.05, 0) is 31.4 Å². The van der Waals surface area contributed by atoms with Gasteiger partial charge in [0.2, 0.25) is 0 Å². The second-order valence-corrected chi connectivity index (χ2v) is 7.51. The summed E-state index contributed by atoms with van der Waals surface area (Å²) >= 11 is 0. The van der Waals surface area contributed by atoms with Crippen molar-refractivity contribution in [2.45, 2.75) is 32.2 Å². The molecule has 1 atom stereocenters. The number of aromatic amines is 1. The highest BCUT2D eigenvalue weighted by molar-refractivity contribution is 5.92. The minimum Gasteiger partial charge on any atom is -0.327 e. The van der Waals surface area contributed by atoms with E-state index in [-0.39, 0.29) is 28.8 Å². The zero-order valence-corrected chi connectivity index (χ0v) is 17.0. The molecule has 0 bridgehead atoms. The van der Waals surface area contributed by atoms with E-state index in [0.29, 0.717) is 36.5 Å². The summed E-state index contributed by atoms with van der Waals surface area (Å²) in [6.45, 7) is 2.37. The van der Waals surface area contributed by atoms with Crippen molar-refractivity contribution in [2.75, 3.05) is 6.54 Å². The predicted molar refractivity (Wildman–Crippen MR) is 111 cm³/mol. The van der Waals surface area contributed by atoms with Crippen LogP contribution in [-0.2, 0) is 13.5 Å². The van der Waals surface area contributed by atoms with Crippen LogP contribution < -0.4 is 11.1 Å². The van der Waals surface area contributed by atoms with Crippen molar-refractivity contribution in [1.29, 1.82) is 0 Å². The molecule has 3 heterocycles. The Balaban J connectivity index is 1.62. The number of aryl methyl sites for hydroxylation is 2. The molecule has 30 heavy (non-hydrogen) atoms. The number of likely N-dealkylation sites (tertiary alicyclic amines) is 1. The molecular formula is C22H23N5O3. The molecule has 1 fully saturated rings. The fourth-order valence-corrected chi connectivity index (χ4v) is 3.86. The number of nitrogens with one attached hydrogen (secondary N) is 1. The topological polar surface area (TPSA) is 101 Å². The second-order valence-electron chi connectivity index (χ2n) is 7.51. The molecule has 8 nitrogen and oxygen atoms in total. The first kappa shape index (κ1) is 19.8. The molecule has 1 saturated heterocycles. The Morgan fingerprint density at radius 3 is 2.63 bits per heavy atom. The molecule has 1 N–H and O–H groups in total. The van der Waals surface area contributed by atoms with E-state index in [1.807, 2.05) is 37.3 Å². The lowest BCUT2D eigenvalue weighted by Gasteiger charge is -2.24. The lowest BCUT2D eigenvalue weighted by Crippen LogP contribution is -2.35. The summed E-state index contributed by atoms with van der Waals surface area (Å²) in [7, 11) is 1.51. The lowest BCUT2D eigenvalue weighted by atomic mass is 10.0. The van der Waals surface area contributed by atoms with Crippen molar-refractivity contribution in [2.24, 2.45) is 7.05 Å². The normalized spacial score (nSPS) is 16.1. The SMILES string of the molecule is Cc1nc(C2CCCN2C(=O)c2ccc(=O)n(C)n2)[nH]c(=O)c1Cc1ccccc1. The Morgan fingerprint density at radius 1 is 1.17 bits per heavy atom. The fraction of sp³-hybridized carbons (Fsp3) is 0.318. The molecule has 1 amide bonds. The number of hydrogen-bond donors (Lipinski definition) is 1. The van der Waals surface area contributed by atoms with Gasteiger partial charge in [0.05, 0.1) is 6.04 Å². The van der Waals surface area contributed by atoms with Crippen LogP contribution >= 0.6 is 0 Å². The molecule has 3 aromatic rings. The van der Waals surface area contributed by atoms with Gasteiger partial charge < -0.3 is 9.88 Å². The highest BCUT2D eigenvalue weighted by atomic mass is 16.2. The molecule has 1 aliphatic rings. The fourth-order valence-electron chi connectivity index (χ4n) is 3.86. The van der Waals surface area contributed by atoms with Crippen LogP contribution in [0.5, 0.6) is 0 Å². The van der Waals surface area contributed by atoms with E-state index in [1.54, 1.807) is 4.90 Å². The van der Waals surface area contributed by atoms with Crippen LogP contribution in [0.4, 0.5) is 0 Å². The van der Waals surface area contributed by atoms with E-state index < -0.39 is 0 Å². The summed E-state index contributed by atoms with van der Waals surface area (Å²) < 4.78 is 1.14. The monoisotopic (exact) mass is 405 g/mol. The van der Waals surface area contributed by atoms with Gasteiger partial charge in [-0.2, -0.15) is 5.10 Å². The third-order valence-electron chi connectivity index (χ3n) is 5.47. The Labute approximate surface area is 173 Å². The molecule has 0 spiro atoms. The first-order valence-corrected chi connectivity index (χ1v) is 9.93. The van der Waals surface area contributed by atoms with Crippen LogP contribution in [0.15, 0.2) is 52.1 Å². The van der Waals surface area contributed by atoms with Crippen LogP contribution in [-0.4, -0.2) is 37.1 Å². The number of carbonyl (C=O) groups excluding carboxylic acids is 1. The van der Waals surface area contributed by atoms with Crippen LogP contribution in [0, 0.1) is 6.92 Å². The Morgan fingerprint density at radius 2 is 1.93 bits per heavy atom. The number of rotatable bonds is 4. The predicted octanol–water partition coefficient (Wildman–Crippen LogP) is 1.74. The molecule has 2 aromatic heterocycles. The summed E-state index contributed by atoms with van der Waals surface area (Å²) in [5.41, 5.74) is 2.07. The maximum Gasteiger partial charge on any atom is 0.274 e. The van der Waals surface area contributed by atoms with Crippen LogP contribution in [0.1, 0.15) is 52.0 Å². The van der Waals surface area contributed by atoms with Crippen molar-refractivity contribution in [3.63, 3.8) is 0 Å². The highest BCUT2D eigenvalue weighted by Crippen LogP contribution is 2.30. The Kier molecular flexibility index (Phi) is 5.31. The van der Waals surface area contributed by atoms with E-state index in [9.17, 15) is 14.4 Å². The zero-order chi connectivity index (χ0) is 21.3. The smallest absolute Gasteiger partial charge is 0.274 e. The number of nitrogens with zero attached hydrogens (tertiary/aromatic N) is 4. The molecule has 1 aliphatic heterocycles. The summed E-state index contributed by atoms with van der Waals surface area (Å²) in [6, 6.07) is 12.2. The van der Waals surface area contributed by atoms with Crippen molar-refractivity contribution < 1.29 is 4.79 Å². The van der Waals surface area contributed by atoms with E-state index in [4.69, 9.17) is 0 Å². The summed E-state index contributed by atoms with van der Waals surface area (Å²) in [4.78, 5) is 46.6. The van der Waals surface area contributed by atoms with Gasteiger partial charge in [0.15, 0.2) is 0 Å². The van der Waals surface area contributed by atoms with Gasteiger partial charge >= 0.3 is 0 Å². The molecule has 0 saturated carbocycles. The minimum atomic E-state index is -0.325. The minimum absolute atomic E-state index is 0.180. The van der Waals surface area contributed by atoms with Crippen LogP contribution in [0.3, 0.4) is 0 Å². The van der Waals surface area contributed by atoms with Gasteiger partial charge in [-0.3, -0.25) is 14.4 Å². The maximum absolute atomic E-state index is 13.0. The van der Waals surface area contributed by atoms with Gasteiger partial charge in [0, 0.05) is 37.3 Å². The van der Waals surface area contributed by atoms with Gasteiger partial charge in [0.25, 0.3) is 17.0 Å². The molecular weight excluding hydrogens is 382 g/mol. The first-order valence-electron chi connectivity index (χ1n) is 9.93. The molecule has 4 rings (SSSR count). The average Bonchev–Trinajstić information content (AvgIpc) is 3.23. The molecule has 1 unspecified atom stereocenters. The van der Waals surface area contributed by atoms with Crippen LogP contribution in [0.2, 0.25) is 0 Å². The number of H-pyrrole nitrogens is 1. The van der Waals surface area contributed by atoms with Crippen molar-refractivity contribution in [3.05, 3.63) is 91.5 Å². The standard InChI is InChI=1S/C22H23N5O3/c1-14-16(13-15-7-4-3-5-8-15)21(29)24-20(23-14)18-9-6-12-27(18)22(30)17-10-11-19(28)26(2)25-17/h3-5,7-8,10-11,18H,6,9,12-13H2,1-2H3,(H,23,24,29). The van der Waals surface area contributed by atoms with Gasteiger partial charge in [-0.15, -0.1) is 0 Å². The van der Waals surface area contributed by atoms with Crippen molar-refractivity contribution in [3.8, 4) is 0 Å². The van der Waals surface area contributed by atoms with Gasteiger partial charge in [-0.1, -0.05) is 30.3 Å². The summed E-state index contributed by atoms with van der Waals surface area (Å²) in [5, 5.41) is 4.06. The number of carbonyl (C=O) groups is 1. The summed E-state index contributed by atoms with van der Waals surface area (Å²) in [5.74, 6) is 0.215. The second kappa shape index (κ2) is 8.06.